The molecule has 0 amide bonds. The van der Waals surface area contributed by atoms with Crippen LogP contribution >= 0.6 is 11.8 Å². The maximum Gasteiger partial charge on any atom is 0.0111 e. The molecule has 2 saturated carbocycles. The van der Waals surface area contributed by atoms with Crippen LogP contribution in [0.15, 0.2) is 0 Å². The van der Waals surface area contributed by atoms with Crippen LogP contribution in [0.3, 0.4) is 0 Å². The van der Waals surface area contributed by atoms with Crippen molar-refractivity contribution in [3.05, 3.63) is 0 Å². The van der Waals surface area contributed by atoms with Crippen LogP contribution in [0.2, 0.25) is 0 Å². The molecule has 0 saturated heterocycles. The third-order valence-electron chi connectivity index (χ3n) is 5.05. The number of nitrogens with two attached hydrogens (primary N) is 1. The van der Waals surface area contributed by atoms with Crippen molar-refractivity contribution in [2.45, 2.75) is 46.1 Å². The van der Waals surface area contributed by atoms with E-state index in [0.29, 0.717) is 16.9 Å². The van der Waals surface area contributed by atoms with E-state index in [2.05, 4.69) is 32.5 Å². The predicted octanol–water partition coefficient (Wildman–Crippen LogP) is 2.89. The van der Waals surface area contributed by atoms with Gasteiger partial charge >= 0.3 is 0 Å². The van der Waals surface area contributed by atoms with Gasteiger partial charge in [0, 0.05) is 11.8 Å². The van der Waals surface area contributed by atoms with Crippen LogP contribution < -0.4 is 5.73 Å². The van der Waals surface area contributed by atoms with Crippen molar-refractivity contribution in [2.75, 3.05) is 11.5 Å². The first-order chi connectivity index (χ1) is 6.54. The van der Waals surface area contributed by atoms with Crippen LogP contribution in [-0.4, -0.2) is 17.5 Å². The fraction of sp³-hybridized carbons (Fsp3) is 1.00. The van der Waals surface area contributed by atoms with E-state index in [0.717, 1.165) is 5.92 Å². The Morgan fingerprint density at radius 1 is 1.43 bits per heavy atom. The Balaban J connectivity index is 2.21. The normalized spacial score (nSPS) is 44.6. The molecule has 14 heavy (non-hydrogen) atoms. The van der Waals surface area contributed by atoms with Gasteiger partial charge in [-0.25, -0.2) is 0 Å². The van der Waals surface area contributed by atoms with E-state index < -0.39 is 0 Å². The Morgan fingerprint density at radius 2 is 2.14 bits per heavy atom. The van der Waals surface area contributed by atoms with Gasteiger partial charge in [0.15, 0.2) is 0 Å². The van der Waals surface area contributed by atoms with Gasteiger partial charge in [-0.1, -0.05) is 20.8 Å². The average molecular weight is 213 g/mol. The highest BCUT2D eigenvalue weighted by Crippen LogP contribution is 2.65. The molecule has 2 aliphatic rings. The number of rotatable bonds is 3. The molecule has 0 unspecified atom stereocenters. The first kappa shape index (κ1) is 10.8. The van der Waals surface area contributed by atoms with Crippen LogP contribution in [0.1, 0.15) is 40.0 Å². The number of thioether (sulfide) groups is 1. The molecule has 3 atom stereocenters. The average Bonchev–Trinajstić information content (AvgIpc) is 2.48. The third kappa shape index (κ3) is 1.19. The van der Waals surface area contributed by atoms with E-state index >= 15 is 0 Å². The number of hydrogen-bond acceptors (Lipinski definition) is 2. The summed E-state index contributed by atoms with van der Waals surface area (Å²) in [6.45, 7) is 7.16. The van der Waals surface area contributed by atoms with E-state index in [9.17, 15) is 0 Å². The molecule has 2 N–H and O–H groups in total. The van der Waals surface area contributed by atoms with Gasteiger partial charge in [0.05, 0.1) is 0 Å². The van der Waals surface area contributed by atoms with Gasteiger partial charge < -0.3 is 5.73 Å². The number of fused-ring (bicyclic) bond motifs is 2. The Labute approximate surface area is 92.2 Å². The summed E-state index contributed by atoms with van der Waals surface area (Å²) in [5, 5.41) is 0. The van der Waals surface area contributed by atoms with Crippen molar-refractivity contribution in [2.24, 2.45) is 22.5 Å². The molecule has 2 bridgehead atoms. The summed E-state index contributed by atoms with van der Waals surface area (Å²) >= 11 is 2.08. The zero-order valence-corrected chi connectivity index (χ0v) is 10.5. The lowest BCUT2D eigenvalue weighted by Gasteiger charge is -2.41. The maximum absolute atomic E-state index is 6.36. The van der Waals surface area contributed by atoms with Crippen LogP contribution in [0.25, 0.3) is 0 Å². The molecule has 0 aromatic carbocycles. The van der Waals surface area contributed by atoms with Crippen molar-refractivity contribution < 1.29 is 0 Å². The summed E-state index contributed by atoms with van der Waals surface area (Å²) in [7, 11) is 0. The van der Waals surface area contributed by atoms with Gasteiger partial charge in [-0.05, 0) is 41.8 Å². The number of hydrogen-bond donors (Lipinski definition) is 1. The van der Waals surface area contributed by atoms with E-state index in [1.165, 1.54) is 30.8 Å². The summed E-state index contributed by atoms with van der Waals surface area (Å²) in [6, 6.07) is 0.468. The van der Waals surface area contributed by atoms with Gasteiger partial charge in [-0.2, -0.15) is 11.8 Å². The Bertz CT molecular complexity index is 226. The molecular formula is C12H23NS. The topological polar surface area (TPSA) is 26.0 Å². The minimum atomic E-state index is 0.457. The van der Waals surface area contributed by atoms with Gasteiger partial charge in [0.1, 0.15) is 0 Å². The van der Waals surface area contributed by atoms with Crippen molar-refractivity contribution in [3.8, 4) is 0 Å². The molecule has 1 nitrogen and oxygen atoms in total. The zero-order valence-electron chi connectivity index (χ0n) is 9.68. The van der Waals surface area contributed by atoms with Gasteiger partial charge in [-0.3, -0.25) is 0 Å². The second-order valence-electron chi connectivity index (χ2n) is 5.59. The molecule has 0 heterocycles. The summed E-state index contributed by atoms with van der Waals surface area (Å²) in [6.07, 6.45) is 4.07. The third-order valence-corrected chi connectivity index (χ3v) is 6.18. The fourth-order valence-electron chi connectivity index (χ4n) is 3.78. The smallest absolute Gasteiger partial charge is 0.0111 e. The molecule has 82 valence electrons. The molecule has 2 rings (SSSR count). The second kappa shape index (κ2) is 3.41. The van der Waals surface area contributed by atoms with E-state index in [4.69, 9.17) is 5.73 Å². The van der Waals surface area contributed by atoms with E-state index in [-0.39, 0.29) is 0 Å². The molecule has 0 spiro atoms. The predicted molar refractivity (Wildman–Crippen MR) is 64.5 cm³/mol. The van der Waals surface area contributed by atoms with E-state index in [1.807, 2.05) is 0 Å². The first-order valence-corrected chi connectivity index (χ1v) is 7.03. The molecule has 0 radical (unpaired) electrons. The van der Waals surface area contributed by atoms with Crippen LogP contribution in [0.5, 0.6) is 0 Å². The van der Waals surface area contributed by atoms with Gasteiger partial charge in [-0.15, -0.1) is 0 Å². The van der Waals surface area contributed by atoms with Crippen LogP contribution in [0.4, 0.5) is 0 Å². The van der Waals surface area contributed by atoms with E-state index in [1.54, 1.807) is 0 Å². The zero-order chi connectivity index (χ0) is 10.4. The highest BCUT2D eigenvalue weighted by molar-refractivity contribution is 7.99. The van der Waals surface area contributed by atoms with Crippen molar-refractivity contribution in [1.29, 1.82) is 0 Å². The molecule has 2 fully saturated rings. The van der Waals surface area contributed by atoms with Crippen molar-refractivity contribution >= 4 is 11.8 Å². The molecule has 0 aromatic rings. The maximum atomic E-state index is 6.36. The van der Waals surface area contributed by atoms with Crippen LogP contribution in [-0.2, 0) is 0 Å². The summed E-state index contributed by atoms with van der Waals surface area (Å²) in [5.41, 5.74) is 7.31. The molecular weight excluding hydrogens is 190 g/mol. The van der Waals surface area contributed by atoms with Gasteiger partial charge in [0.2, 0.25) is 0 Å². The Morgan fingerprint density at radius 3 is 2.57 bits per heavy atom. The summed E-state index contributed by atoms with van der Waals surface area (Å²) in [4.78, 5) is 0. The van der Waals surface area contributed by atoms with Crippen molar-refractivity contribution in [3.63, 3.8) is 0 Å². The first-order valence-electron chi connectivity index (χ1n) is 5.88. The molecule has 0 aromatic heterocycles. The standard InChI is InChI=1S/C12H23NS/c1-4-14-8-12-6-5-9(7-10(12)13)11(12,2)3/h9-10H,4-8,13H2,1-3H3/t9-,10-,12-/m1/s1. The summed E-state index contributed by atoms with van der Waals surface area (Å²) in [5.74, 6) is 3.42. The lowest BCUT2D eigenvalue weighted by molar-refractivity contribution is 0.142. The molecule has 2 aliphatic carbocycles. The lowest BCUT2D eigenvalue weighted by atomic mass is 9.69. The Kier molecular flexibility index (Phi) is 2.64. The largest absolute Gasteiger partial charge is 0.327 e. The fourth-order valence-corrected chi connectivity index (χ4v) is 5.08. The van der Waals surface area contributed by atoms with Crippen LogP contribution in [0, 0.1) is 16.7 Å². The Hall–Kier alpha value is 0.310. The minimum Gasteiger partial charge on any atom is -0.327 e. The highest BCUT2D eigenvalue weighted by atomic mass is 32.2. The SMILES string of the molecule is CCSC[C@]12CC[C@H](C[C@H]1N)C2(C)C. The minimum absolute atomic E-state index is 0.457. The molecule has 2 heteroatoms. The second-order valence-corrected chi connectivity index (χ2v) is 6.87. The van der Waals surface area contributed by atoms with Crippen molar-refractivity contribution in [1.82, 2.24) is 0 Å². The monoisotopic (exact) mass is 213 g/mol. The molecule has 0 aliphatic heterocycles. The summed E-state index contributed by atoms with van der Waals surface area (Å²) < 4.78 is 0. The lowest BCUT2D eigenvalue weighted by Crippen LogP contribution is -2.45. The highest BCUT2D eigenvalue weighted by Gasteiger charge is 2.62. The quantitative estimate of drug-likeness (QED) is 0.780. The van der Waals surface area contributed by atoms with Gasteiger partial charge in [0.25, 0.3) is 0 Å².